The van der Waals surface area contributed by atoms with Gasteiger partial charge in [0.15, 0.2) is 0 Å². The highest BCUT2D eigenvalue weighted by Crippen LogP contribution is 2.15. The molecule has 13 heavy (non-hydrogen) atoms. The van der Waals surface area contributed by atoms with Gasteiger partial charge in [-0.05, 0) is 38.6 Å². The first-order valence-corrected chi connectivity index (χ1v) is 5.20. The average molecular weight is 182 g/mol. The van der Waals surface area contributed by atoms with Gasteiger partial charge >= 0.3 is 0 Å². The number of hydrogen-bond donors (Lipinski definition) is 1. The lowest BCUT2D eigenvalue weighted by Crippen LogP contribution is -2.41. The lowest BCUT2D eigenvalue weighted by molar-refractivity contribution is 0.379. The van der Waals surface area contributed by atoms with E-state index in [1.807, 2.05) is 6.92 Å². The van der Waals surface area contributed by atoms with Crippen molar-refractivity contribution in [3.05, 3.63) is 0 Å². The maximum Gasteiger partial charge on any atom is 0.103 e. The van der Waals surface area contributed by atoms with Gasteiger partial charge in [0.25, 0.3) is 0 Å². The van der Waals surface area contributed by atoms with Gasteiger partial charge in [-0.25, -0.2) is 0 Å². The Morgan fingerprint density at radius 1 is 1.46 bits per heavy atom. The van der Waals surface area contributed by atoms with Crippen molar-refractivity contribution in [2.24, 2.45) is 5.92 Å². The molecule has 0 aromatic rings. The molecule has 1 unspecified atom stereocenters. The van der Waals surface area contributed by atoms with E-state index < -0.39 is 0 Å². The van der Waals surface area contributed by atoms with E-state index in [0.717, 1.165) is 25.8 Å². The zero-order valence-electron chi connectivity index (χ0n) is 9.35. The van der Waals surface area contributed by atoms with Gasteiger partial charge in [0.05, 0.1) is 6.07 Å². The van der Waals surface area contributed by atoms with Gasteiger partial charge in [0.2, 0.25) is 0 Å². The Kier molecular flexibility index (Phi) is 5.73. The van der Waals surface area contributed by atoms with Crippen LogP contribution < -0.4 is 5.32 Å². The summed E-state index contributed by atoms with van der Waals surface area (Å²) in [5.74, 6) is 0.677. The molecule has 1 atom stereocenters. The third-order valence-corrected chi connectivity index (χ3v) is 2.23. The highest BCUT2D eigenvalue weighted by molar-refractivity contribution is 5.03. The van der Waals surface area contributed by atoms with E-state index in [1.165, 1.54) is 0 Å². The fraction of sp³-hybridized carbons (Fsp3) is 0.909. The van der Waals surface area contributed by atoms with E-state index >= 15 is 0 Å². The van der Waals surface area contributed by atoms with Crippen LogP contribution in [-0.2, 0) is 0 Å². The Bertz CT molecular complexity index is 169. The van der Waals surface area contributed by atoms with Crippen LogP contribution in [0.3, 0.4) is 0 Å². The molecule has 0 aromatic carbocycles. The second-order valence-electron chi connectivity index (χ2n) is 4.30. The van der Waals surface area contributed by atoms with E-state index in [2.05, 4.69) is 32.2 Å². The molecule has 1 N–H and O–H groups in total. The third-order valence-electron chi connectivity index (χ3n) is 2.23. The maximum atomic E-state index is 9.01. The van der Waals surface area contributed by atoms with Crippen LogP contribution in [0.25, 0.3) is 0 Å². The van der Waals surface area contributed by atoms with Crippen molar-refractivity contribution in [2.45, 2.75) is 52.5 Å². The third kappa shape index (κ3) is 5.65. The van der Waals surface area contributed by atoms with Crippen LogP contribution in [0.4, 0.5) is 0 Å². The molecule has 0 saturated heterocycles. The standard InChI is InChI=1S/C11H22N2/c1-5-8-13-11(4,9-12)7-6-10(2)3/h10,13H,5-8H2,1-4H3. The molecule has 0 bridgehead atoms. The SMILES string of the molecule is CCCNC(C)(C#N)CCC(C)C. The Hall–Kier alpha value is -0.550. The van der Waals surface area contributed by atoms with Crippen LogP contribution >= 0.6 is 0 Å². The van der Waals surface area contributed by atoms with Gasteiger partial charge in [0, 0.05) is 0 Å². The van der Waals surface area contributed by atoms with E-state index in [1.54, 1.807) is 0 Å². The van der Waals surface area contributed by atoms with Crippen molar-refractivity contribution in [1.29, 1.82) is 5.26 Å². The topological polar surface area (TPSA) is 35.8 Å². The van der Waals surface area contributed by atoms with Gasteiger partial charge in [-0.15, -0.1) is 0 Å². The zero-order valence-corrected chi connectivity index (χ0v) is 9.35. The van der Waals surface area contributed by atoms with Gasteiger partial charge in [0.1, 0.15) is 5.54 Å². The van der Waals surface area contributed by atoms with Crippen molar-refractivity contribution in [3.63, 3.8) is 0 Å². The minimum Gasteiger partial charge on any atom is -0.300 e. The van der Waals surface area contributed by atoms with Crippen LogP contribution in [0.15, 0.2) is 0 Å². The normalized spacial score (nSPS) is 15.4. The lowest BCUT2D eigenvalue weighted by atomic mass is 9.93. The summed E-state index contributed by atoms with van der Waals surface area (Å²) in [6.45, 7) is 9.43. The molecule has 0 aliphatic rings. The molecule has 0 fully saturated rings. The van der Waals surface area contributed by atoms with Crippen molar-refractivity contribution < 1.29 is 0 Å². The second kappa shape index (κ2) is 5.99. The number of nitriles is 1. The summed E-state index contributed by atoms with van der Waals surface area (Å²) >= 11 is 0. The van der Waals surface area contributed by atoms with E-state index in [-0.39, 0.29) is 5.54 Å². The predicted octanol–water partition coefficient (Wildman–Crippen LogP) is 2.70. The van der Waals surface area contributed by atoms with Gasteiger partial charge in [-0.3, -0.25) is 5.32 Å². The fourth-order valence-corrected chi connectivity index (χ4v) is 1.16. The van der Waals surface area contributed by atoms with Crippen molar-refractivity contribution in [1.82, 2.24) is 5.32 Å². The largest absolute Gasteiger partial charge is 0.300 e. The number of nitrogens with zero attached hydrogens (tertiary/aromatic N) is 1. The van der Waals surface area contributed by atoms with Crippen LogP contribution in [0.1, 0.15) is 47.0 Å². The van der Waals surface area contributed by atoms with Gasteiger partial charge in [-0.1, -0.05) is 20.8 Å². The van der Waals surface area contributed by atoms with Crippen molar-refractivity contribution in [2.75, 3.05) is 6.54 Å². The van der Waals surface area contributed by atoms with E-state index in [9.17, 15) is 0 Å². The van der Waals surface area contributed by atoms with Crippen LogP contribution in [0.2, 0.25) is 0 Å². The monoisotopic (exact) mass is 182 g/mol. The first-order chi connectivity index (χ1) is 6.04. The molecular formula is C11H22N2. The summed E-state index contributed by atoms with van der Waals surface area (Å²) in [7, 11) is 0. The van der Waals surface area contributed by atoms with Crippen LogP contribution in [0.5, 0.6) is 0 Å². The van der Waals surface area contributed by atoms with E-state index in [0.29, 0.717) is 5.92 Å². The minimum absolute atomic E-state index is 0.319. The highest BCUT2D eigenvalue weighted by Gasteiger charge is 2.22. The number of rotatable bonds is 6. The number of hydrogen-bond acceptors (Lipinski definition) is 2. The zero-order chi connectivity index (χ0) is 10.3. The average Bonchev–Trinajstić information content (AvgIpc) is 2.11. The minimum atomic E-state index is -0.319. The molecule has 0 heterocycles. The molecule has 0 spiro atoms. The summed E-state index contributed by atoms with van der Waals surface area (Å²) in [5.41, 5.74) is -0.319. The second-order valence-corrected chi connectivity index (χ2v) is 4.30. The summed E-state index contributed by atoms with van der Waals surface area (Å²) in [6, 6.07) is 2.36. The number of nitrogens with one attached hydrogen (secondary N) is 1. The van der Waals surface area contributed by atoms with Crippen molar-refractivity contribution in [3.8, 4) is 6.07 Å². The van der Waals surface area contributed by atoms with Gasteiger partial charge in [-0.2, -0.15) is 5.26 Å². The Morgan fingerprint density at radius 3 is 2.46 bits per heavy atom. The predicted molar refractivity (Wildman–Crippen MR) is 56.4 cm³/mol. The molecule has 2 heteroatoms. The Labute approximate surface area is 82.3 Å². The molecule has 0 amide bonds. The van der Waals surface area contributed by atoms with E-state index in [4.69, 9.17) is 5.26 Å². The molecule has 0 rings (SSSR count). The molecule has 76 valence electrons. The van der Waals surface area contributed by atoms with Gasteiger partial charge < -0.3 is 0 Å². The quantitative estimate of drug-likeness (QED) is 0.685. The first-order valence-electron chi connectivity index (χ1n) is 5.20. The fourth-order valence-electron chi connectivity index (χ4n) is 1.16. The molecule has 0 aromatic heterocycles. The first kappa shape index (κ1) is 12.4. The van der Waals surface area contributed by atoms with Crippen LogP contribution in [0, 0.1) is 17.2 Å². The Balaban J connectivity index is 3.90. The smallest absolute Gasteiger partial charge is 0.103 e. The van der Waals surface area contributed by atoms with Crippen molar-refractivity contribution >= 4 is 0 Å². The maximum absolute atomic E-state index is 9.01. The molecular weight excluding hydrogens is 160 g/mol. The summed E-state index contributed by atoms with van der Waals surface area (Å²) < 4.78 is 0. The summed E-state index contributed by atoms with van der Waals surface area (Å²) in [4.78, 5) is 0. The van der Waals surface area contributed by atoms with Crippen LogP contribution in [-0.4, -0.2) is 12.1 Å². The molecule has 0 aliphatic carbocycles. The Morgan fingerprint density at radius 2 is 2.08 bits per heavy atom. The molecule has 2 nitrogen and oxygen atoms in total. The lowest BCUT2D eigenvalue weighted by Gasteiger charge is -2.23. The summed E-state index contributed by atoms with van der Waals surface area (Å²) in [5, 5.41) is 12.3. The highest BCUT2D eigenvalue weighted by atomic mass is 15.0. The molecule has 0 saturated carbocycles. The summed E-state index contributed by atoms with van der Waals surface area (Å²) in [6.07, 6.45) is 3.14. The molecule has 0 aliphatic heterocycles. The molecule has 0 radical (unpaired) electrons.